The van der Waals surface area contributed by atoms with E-state index < -0.39 is 22.8 Å². The molecule has 0 amide bonds. The van der Waals surface area contributed by atoms with Crippen molar-refractivity contribution in [2.45, 2.75) is 18.3 Å². The highest BCUT2D eigenvalue weighted by molar-refractivity contribution is 5.99. The van der Waals surface area contributed by atoms with Gasteiger partial charge in [-0.2, -0.15) is 0 Å². The summed E-state index contributed by atoms with van der Waals surface area (Å²) in [5, 5.41) is 10.8. The number of nitrogens with zero attached hydrogens (tertiary/aromatic N) is 1. The first-order valence-corrected chi connectivity index (χ1v) is 6.11. The summed E-state index contributed by atoms with van der Waals surface area (Å²) in [4.78, 5) is 33.8. The van der Waals surface area contributed by atoms with Gasteiger partial charge in [0.05, 0.1) is 16.8 Å². The predicted molar refractivity (Wildman–Crippen MR) is 61.3 cm³/mol. The maximum atomic E-state index is 11.7. The molecule has 1 heterocycles. The van der Waals surface area contributed by atoms with Crippen molar-refractivity contribution in [3.63, 3.8) is 0 Å². The minimum Gasteiger partial charge on any atom is -0.393 e. The standard InChI is InChI=1S/C13H9NO5/c15-12-10-8-4-9(11(10)13(16)19-12)7-3-5(14(17)18)1-2-6(7)8/h1-3,8-11H,4H2/t8-,9+,10+,11-/m1/s1. The Hall–Kier alpha value is -2.24. The Morgan fingerprint density at radius 3 is 2.37 bits per heavy atom. The number of carbonyl (C=O) groups excluding carboxylic acids is 2. The fourth-order valence-electron chi connectivity index (χ4n) is 3.90. The van der Waals surface area contributed by atoms with Crippen LogP contribution in [0.4, 0.5) is 5.69 Å². The van der Waals surface area contributed by atoms with Gasteiger partial charge in [0.25, 0.3) is 5.69 Å². The highest BCUT2D eigenvalue weighted by atomic mass is 16.6. The van der Waals surface area contributed by atoms with Crippen LogP contribution in [0.2, 0.25) is 0 Å². The number of hydrogen-bond donors (Lipinski definition) is 0. The Bertz CT molecular complexity index is 652. The number of carbonyl (C=O) groups is 2. The van der Waals surface area contributed by atoms with E-state index in [1.54, 1.807) is 6.07 Å². The summed E-state index contributed by atoms with van der Waals surface area (Å²) >= 11 is 0. The average molecular weight is 259 g/mol. The first-order chi connectivity index (χ1) is 9.08. The molecule has 1 aliphatic heterocycles. The number of nitro groups is 1. The zero-order valence-corrected chi connectivity index (χ0v) is 9.74. The van der Waals surface area contributed by atoms with Crippen LogP contribution in [-0.4, -0.2) is 16.9 Å². The van der Waals surface area contributed by atoms with Crippen LogP contribution in [0.25, 0.3) is 0 Å². The molecule has 0 unspecified atom stereocenters. The summed E-state index contributed by atoms with van der Waals surface area (Å²) in [6, 6.07) is 4.70. The number of cyclic esters (lactones) is 2. The Morgan fingerprint density at radius 1 is 1.11 bits per heavy atom. The smallest absolute Gasteiger partial charge is 0.318 e. The maximum absolute atomic E-state index is 11.7. The number of fused-ring (bicyclic) bond motifs is 8. The molecule has 4 rings (SSSR count). The monoisotopic (exact) mass is 259 g/mol. The van der Waals surface area contributed by atoms with E-state index in [0.29, 0.717) is 6.42 Å². The Morgan fingerprint density at radius 2 is 1.74 bits per heavy atom. The van der Waals surface area contributed by atoms with Gasteiger partial charge in [-0.05, 0) is 29.4 Å². The van der Waals surface area contributed by atoms with Crippen molar-refractivity contribution < 1.29 is 19.2 Å². The van der Waals surface area contributed by atoms with Crippen molar-refractivity contribution in [1.82, 2.24) is 0 Å². The van der Waals surface area contributed by atoms with Gasteiger partial charge in [0.15, 0.2) is 0 Å². The van der Waals surface area contributed by atoms with Gasteiger partial charge in [0.1, 0.15) is 0 Å². The number of nitro benzene ring substituents is 1. The lowest BCUT2D eigenvalue weighted by atomic mass is 9.77. The third-order valence-electron chi connectivity index (χ3n) is 4.59. The summed E-state index contributed by atoms with van der Waals surface area (Å²) in [5.74, 6) is -1.86. The van der Waals surface area contributed by atoms with Gasteiger partial charge in [-0.25, -0.2) is 0 Å². The van der Waals surface area contributed by atoms with Crippen molar-refractivity contribution in [2.75, 3.05) is 0 Å². The quantitative estimate of drug-likeness (QED) is 0.330. The third kappa shape index (κ3) is 1.16. The SMILES string of the molecule is O=C1OC(=O)[C@H]2[C@@H]1[C@@H]1C[C@H]2c2cc([N+](=O)[O-])ccc21. The zero-order chi connectivity index (χ0) is 13.3. The Labute approximate surface area is 107 Å². The summed E-state index contributed by atoms with van der Waals surface area (Å²) in [6.45, 7) is 0. The number of benzene rings is 1. The molecule has 3 aliphatic rings. The Balaban J connectivity index is 1.86. The van der Waals surface area contributed by atoms with Crippen LogP contribution < -0.4 is 0 Å². The summed E-state index contributed by atoms with van der Waals surface area (Å²) in [5.41, 5.74) is 1.83. The van der Waals surface area contributed by atoms with Crippen LogP contribution in [0.5, 0.6) is 0 Å². The van der Waals surface area contributed by atoms with E-state index in [0.717, 1.165) is 11.1 Å². The van der Waals surface area contributed by atoms with Gasteiger partial charge in [-0.15, -0.1) is 0 Å². The highest BCUT2D eigenvalue weighted by Crippen LogP contribution is 2.62. The topological polar surface area (TPSA) is 86.5 Å². The molecule has 0 spiro atoms. The molecular weight excluding hydrogens is 250 g/mol. The first-order valence-electron chi connectivity index (χ1n) is 6.11. The molecule has 4 atom stereocenters. The minimum absolute atomic E-state index is 0.0234. The number of esters is 2. The predicted octanol–water partition coefficient (Wildman–Crippen LogP) is 1.50. The molecule has 2 fully saturated rings. The fraction of sp³-hybridized carbons (Fsp3) is 0.385. The molecule has 6 nitrogen and oxygen atoms in total. The van der Waals surface area contributed by atoms with Gasteiger partial charge < -0.3 is 4.74 Å². The van der Waals surface area contributed by atoms with E-state index in [1.807, 2.05) is 0 Å². The zero-order valence-electron chi connectivity index (χ0n) is 9.74. The van der Waals surface area contributed by atoms with Crippen LogP contribution in [0.3, 0.4) is 0 Å². The first kappa shape index (κ1) is 10.7. The van der Waals surface area contributed by atoms with Gasteiger partial charge in [-0.1, -0.05) is 6.07 Å². The van der Waals surface area contributed by atoms with Crippen molar-refractivity contribution in [3.8, 4) is 0 Å². The fourth-order valence-corrected chi connectivity index (χ4v) is 3.90. The molecule has 1 aromatic rings. The van der Waals surface area contributed by atoms with Gasteiger partial charge in [0.2, 0.25) is 0 Å². The lowest BCUT2D eigenvalue weighted by molar-refractivity contribution is -0.384. The Kier molecular flexibility index (Phi) is 1.80. The molecule has 1 saturated heterocycles. The molecule has 0 aromatic heterocycles. The molecule has 1 saturated carbocycles. The second kappa shape index (κ2) is 3.20. The van der Waals surface area contributed by atoms with E-state index in [4.69, 9.17) is 4.74 Å². The number of rotatable bonds is 1. The van der Waals surface area contributed by atoms with E-state index in [1.165, 1.54) is 12.1 Å². The molecule has 0 radical (unpaired) electrons. The molecule has 1 aromatic carbocycles. The van der Waals surface area contributed by atoms with Crippen LogP contribution >= 0.6 is 0 Å². The van der Waals surface area contributed by atoms with E-state index in [9.17, 15) is 19.7 Å². The van der Waals surface area contributed by atoms with E-state index >= 15 is 0 Å². The molecule has 96 valence electrons. The average Bonchev–Trinajstić information content (AvgIpc) is 3.00. The van der Waals surface area contributed by atoms with Crippen LogP contribution in [0.15, 0.2) is 18.2 Å². The second-order valence-electron chi connectivity index (χ2n) is 5.31. The molecule has 2 bridgehead atoms. The highest BCUT2D eigenvalue weighted by Gasteiger charge is 2.62. The normalized spacial score (nSPS) is 34.1. The summed E-state index contributed by atoms with van der Waals surface area (Å²) in [6.07, 6.45) is 0.715. The summed E-state index contributed by atoms with van der Waals surface area (Å²) < 4.78 is 4.71. The van der Waals surface area contributed by atoms with Crippen molar-refractivity contribution in [2.24, 2.45) is 11.8 Å². The lowest BCUT2D eigenvalue weighted by Crippen LogP contribution is -2.24. The number of hydrogen-bond acceptors (Lipinski definition) is 5. The third-order valence-corrected chi connectivity index (χ3v) is 4.59. The van der Waals surface area contributed by atoms with Crippen molar-refractivity contribution in [1.29, 1.82) is 0 Å². The van der Waals surface area contributed by atoms with Gasteiger partial charge in [-0.3, -0.25) is 19.7 Å². The van der Waals surface area contributed by atoms with Crippen molar-refractivity contribution in [3.05, 3.63) is 39.4 Å². The van der Waals surface area contributed by atoms with Crippen molar-refractivity contribution >= 4 is 17.6 Å². The van der Waals surface area contributed by atoms with E-state index in [-0.39, 0.29) is 23.4 Å². The van der Waals surface area contributed by atoms with Crippen LogP contribution in [-0.2, 0) is 14.3 Å². The van der Waals surface area contributed by atoms with Gasteiger partial charge in [0, 0.05) is 12.1 Å². The molecule has 19 heavy (non-hydrogen) atoms. The maximum Gasteiger partial charge on any atom is 0.318 e. The molecule has 6 heteroatoms. The number of ether oxygens (including phenoxy) is 1. The summed E-state index contributed by atoms with van der Waals surface area (Å²) in [7, 11) is 0. The van der Waals surface area contributed by atoms with E-state index in [2.05, 4.69) is 0 Å². The number of non-ortho nitro benzene ring substituents is 1. The largest absolute Gasteiger partial charge is 0.393 e. The van der Waals surface area contributed by atoms with Crippen LogP contribution in [0, 0.1) is 22.0 Å². The molecule has 2 aliphatic carbocycles. The minimum atomic E-state index is -0.473. The molecular formula is C13H9NO5. The lowest BCUT2D eigenvalue weighted by Gasteiger charge is -2.21. The van der Waals surface area contributed by atoms with Gasteiger partial charge >= 0.3 is 11.9 Å². The molecule has 0 N–H and O–H groups in total. The van der Waals surface area contributed by atoms with Crippen LogP contribution in [0.1, 0.15) is 29.4 Å². The second-order valence-corrected chi connectivity index (χ2v) is 5.31.